The number of amides is 2. The van der Waals surface area contributed by atoms with E-state index in [1.807, 2.05) is 6.92 Å². The molecule has 7 heteroatoms. The van der Waals surface area contributed by atoms with Crippen molar-refractivity contribution in [1.29, 1.82) is 0 Å². The van der Waals surface area contributed by atoms with Crippen molar-refractivity contribution in [3.05, 3.63) is 30.2 Å². The molecule has 2 rings (SSSR count). The average Bonchev–Trinajstić information content (AvgIpc) is 2.74. The number of aromatic amines is 1. The van der Waals surface area contributed by atoms with Crippen molar-refractivity contribution in [3.63, 3.8) is 0 Å². The van der Waals surface area contributed by atoms with Crippen molar-refractivity contribution in [2.45, 2.75) is 6.92 Å². The SMILES string of the molecule is Cc1cnccc1NC(=O)Nc1cn[nH]n1. The van der Waals surface area contributed by atoms with Gasteiger partial charge < -0.3 is 5.32 Å². The van der Waals surface area contributed by atoms with E-state index >= 15 is 0 Å². The summed E-state index contributed by atoms with van der Waals surface area (Å²) in [7, 11) is 0. The van der Waals surface area contributed by atoms with Crippen molar-refractivity contribution < 1.29 is 4.79 Å². The smallest absolute Gasteiger partial charge is 0.307 e. The van der Waals surface area contributed by atoms with Crippen LogP contribution in [0.1, 0.15) is 5.56 Å². The van der Waals surface area contributed by atoms with Gasteiger partial charge in [0.2, 0.25) is 0 Å². The van der Waals surface area contributed by atoms with Crippen LogP contribution in [0.15, 0.2) is 24.7 Å². The van der Waals surface area contributed by atoms with E-state index in [9.17, 15) is 4.79 Å². The maximum atomic E-state index is 11.5. The van der Waals surface area contributed by atoms with Crippen LogP contribution in [0.3, 0.4) is 0 Å². The maximum absolute atomic E-state index is 11.5. The van der Waals surface area contributed by atoms with Gasteiger partial charge in [0.25, 0.3) is 0 Å². The van der Waals surface area contributed by atoms with E-state index in [2.05, 4.69) is 31.0 Å². The van der Waals surface area contributed by atoms with Gasteiger partial charge in [0.15, 0.2) is 5.82 Å². The minimum absolute atomic E-state index is 0.365. The van der Waals surface area contributed by atoms with Gasteiger partial charge in [0, 0.05) is 18.1 Å². The Hall–Kier alpha value is -2.44. The van der Waals surface area contributed by atoms with E-state index < -0.39 is 0 Å². The molecule has 0 aromatic carbocycles. The summed E-state index contributed by atoms with van der Waals surface area (Å²) >= 11 is 0. The highest BCUT2D eigenvalue weighted by Crippen LogP contribution is 2.11. The lowest BCUT2D eigenvalue weighted by Crippen LogP contribution is -2.20. The molecule has 0 aliphatic carbocycles. The standard InChI is InChI=1S/C9H10N6O/c1-6-4-10-3-2-7(6)12-9(16)13-8-5-11-15-14-8/h2-5H,1H3,(H3,10,11,12,13,14,15,16). The third-order valence-corrected chi connectivity index (χ3v) is 1.93. The molecule has 0 spiro atoms. The van der Waals surface area contributed by atoms with Crippen LogP contribution in [0.2, 0.25) is 0 Å². The molecule has 0 saturated heterocycles. The van der Waals surface area contributed by atoms with Gasteiger partial charge in [-0.25, -0.2) is 4.79 Å². The van der Waals surface area contributed by atoms with Gasteiger partial charge in [-0.3, -0.25) is 10.3 Å². The maximum Gasteiger partial charge on any atom is 0.324 e. The first-order chi connectivity index (χ1) is 7.75. The second-order valence-corrected chi connectivity index (χ2v) is 3.12. The van der Waals surface area contributed by atoms with Crippen LogP contribution < -0.4 is 10.6 Å². The van der Waals surface area contributed by atoms with E-state index in [4.69, 9.17) is 0 Å². The molecule has 82 valence electrons. The fourth-order valence-corrected chi connectivity index (χ4v) is 1.15. The fourth-order valence-electron chi connectivity index (χ4n) is 1.15. The number of carbonyl (C=O) groups is 1. The second kappa shape index (κ2) is 4.39. The van der Waals surface area contributed by atoms with Crippen LogP contribution in [-0.2, 0) is 0 Å². The molecule has 2 aromatic rings. The average molecular weight is 218 g/mol. The Labute approximate surface area is 91.3 Å². The zero-order valence-electron chi connectivity index (χ0n) is 8.56. The minimum atomic E-state index is -0.372. The van der Waals surface area contributed by atoms with Gasteiger partial charge in [0.1, 0.15) is 0 Å². The number of aromatic nitrogens is 4. The molecule has 0 atom stereocenters. The normalized spacial score (nSPS) is 9.81. The van der Waals surface area contributed by atoms with Gasteiger partial charge in [-0.2, -0.15) is 10.3 Å². The zero-order chi connectivity index (χ0) is 11.4. The molecule has 0 bridgehead atoms. The van der Waals surface area contributed by atoms with Crippen LogP contribution in [0.4, 0.5) is 16.3 Å². The summed E-state index contributed by atoms with van der Waals surface area (Å²) in [4.78, 5) is 15.4. The molecule has 2 amide bonds. The number of urea groups is 1. The van der Waals surface area contributed by atoms with Crippen LogP contribution in [0.25, 0.3) is 0 Å². The molecular weight excluding hydrogens is 208 g/mol. The van der Waals surface area contributed by atoms with Crippen molar-refractivity contribution in [2.75, 3.05) is 10.6 Å². The molecule has 3 N–H and O–H groups in total. The van der Waals surface area contributed by atoms with Gasteiger partial charge >= 0.3 is 6.03 Å². The number of H-pyrrole nitrogens is 1. The molecule has 0 saturated carbocycles. The fraction of sp³-hybridized carbons (Fsp3) is 0.111. The third kappa shape index (κ3) is 2.32. The van der Waals surface area contributed by atoms with E-state index in [-0.39, 0.29) is 6.03 Å². The quantitative estimate of drug-likeness (QED) is 0.704. The molecular formula is C9H10N6O. The Bertz CT molecular complexity index is 481. The lowest BCUT2D eigenvalue weighted by molar-refractivity contribution is 0.262. The van der Waals surface area contributed by atoms with Gasteiger partial charge in [-0.1, -0.05) is 0 Å². The molecule has 0 aliphatic rings. The first kappa shape index (κ1) is 10.1. The number of hydrogen-bond donors (Lipinski definition) is 3. The summed E-state index contributed by atoms with van der Waals surface area (Å²) in [5, 5.41) is 14.9. The lowest BCUT2D eigenvalue weighted by atomic mass is 10.2. The Balaban J connectivity index is 2.00. The largest absolute Gasteiger partial charge is 0.324 e. The highest BCUT2D eigenvalue weighted by molar-refractivity contribution is 5.99. The lowest BCUT2D eigenvalue weighted by Gasteiger charge is -2.07. The number of aryl methyl sites for hydroxylation is 1. The number of nitrogens with one attached hydrogen (secondary N) is 3. The van der Waals surface area contributed by atoms with Gasteiger partial charge in [-0.05, 0) is 18.6 Å². The van der Waals surface area contributed by atoms with Crippen molar-refractivity contribution in [2.24, 2.45) is 0 Å². The van der Waals surface area contributed by atoms with Gasteiger partial charge in [0.05, 0.1) is 6.20 Å². The number of carbonyl (C=O) groups excluding carboxylic acids is 1. The predicted octanol–water partition coefficient (Wildman–Crippen LogP) is 1.15. The Morgan fingerprint density at radius 3 is 2.94 bits per heavy atom. The number of hydrogen-bond acceptors (Lipinski definition) is 4. The Kier molecular flexibility index (Phi) is 2.77. The minimum Gasteiger partial charge on any atom is -0.307 e. The molecule has 16 heavy (non-hydrogen) atoms. The summed E-state index contributed by atoms with van der Waals surface area (Å²) in [5.74, 6) is 0.365. The summed E-state index contributed by atoms with van der Waals surface area (Å²) in [6.45, 7) is 1.86. The number of rotatable bonds is 2. The summed E-state index contributed by atoms with van der Waals surface area (Å²) in [6, 6.07) is 1.35. The predicted molar refractivity (Wildman–Crippen MR) is 58.0 cm³/mol. The summed E-state index contributed by atoms with van der Waals surface area (Å²) in [5.41, 5.74) is 1.59. The molecule has 2 aromatic heterocycles. The first-order valence-corrected chi connectivity index (χ1v) is 4.60. The first-order valence-electron chi connectivity index (χ1n) is 4.60. The van der Waals surface area contributed by atoms with Crippen LogP contribution in [-0.4, -0.2) is 26.4 Å². The van der Waals surface area contributed by atoms with E-state index in [1.54, 1.807) is 18.5 Å². The highest BCUT2D eigenvalue weighted by Gasteiger charge is 2.05. The van der Waals surface area contributed by atoms with Gasteiger partial charge in [-0.15, -0.1) is 5.10 Å². The highest BCUT2D eigenvalue weighted by atomic mass is 16.2. The Morgan fingerprint density at radius 1 is 1.38 bits per heavy atom. The Morgan fingerprint density at radius 2 is 2.25 bits per heavy atom. The zero-order valence-corrected chi connectivity index (χ0v) is 8.56. The number of nitrogens with zero attached hydrogens (tertiary/aromatic N) is 3. The molecule has 0 radical (unpaired) electrons. The van der Waals surface area contributed by atoms with Crippen molar-refractivity contribution in [1.82, 2.24) is 20.4 Å². The summed E-state index contributed by atoms with van der Waals surface area (Å²) < 4.78 is 0. The van der Waals surface area contributed by atoms with Crippen molar-refractivity contribution >= 4 is 17.5 Å². The number of pyridine rings is 1. The van der Waals surface area contributed by atoms with Crippen LogP contribution >= 0.6 is 0 Å². The molecule has 7 nitrogen and oxygen atoms in total. The van der Waals surface area contributed by atoms with Crippen LogP contribution in [0.5, 0.6) is 0 Å². The summed E-state index contributed by atoms with van der Waals surface area (Å²) in [6.07, 6.45) is 4.70. The second-order valence-electron chi connectivity index (χ2n) is 3.12. The van der Waals surface area contributed by atoms with Crippen LogP contribution in [0, 0.1) is 6.92 Å². The van der Waals surface area contributed by atoms with E-state index in [0.29, 0.717) is 11.5 Å². The topological polar surface area (TPSA) is 95.6 Å². The molecule has 2 heterocycles. The molecule has 0 aliphatic heterocycles. The molecule has 0 unspecified atom stereocenters. The number of anilines is 2. The monoisotopic (exact) mass is 218 g/mol. The van der Waals surface area contributed by atoms with E-state index in [0.717, 1.165) is 5.56 Å². The third-order valence-electron chi connectivity index (χ3n) is 1.93. The van der Waals surface area contributed by atoms with E-state index in [1.165, 1.54) is 6.20 Å². The van der Waals surface area contributed by atoms with Crippen molar-refractivity contribution in [3.8, 4) is 0 Å². The molecule has 0 fully saturated rings.